The van der Waals surface area contributed by atoms with E-state index in [1.54, 1.807) is 0 Å². The Morgan fingerprint density at radius 3 is 1.85 bits per heavy atom. The summed E-state index contributed by atoms with van der Waals surface area (Å²) in [5.41, 5.74) is 10.7. The Bertz CT molecular complexity index is 268. The number of hydrogen-bond acceptors (Lipinski definition) is 7. The van der Waals surface area contributed by atoms with Gasteiger partial charge in [0, 0.05) is 14.2 Å². The minimum Gasteiger partial charge on any atom is -0.368 e. The fraction of sp³-hybridized carbons (Fsp3) is 0.500. The Morgan fingerprint density at radius 1 is 1.00 bits per heavy atom. The highest BCUT2D eigenvalue weighted by Gasteiger charge is 2.13. The van der Waals surface area contributed by atoms with E-state index >= 15 is 0 Å². The lowest BCUT2D eigenvalue weighted by Gasteiger charge is -2.11. The van der Waals surface area contributed by atoms with Crippen LogP contribution in [0.1, 0.15) is 12.1 Å². The lowest BCUT2D eigenvalue weighted by molar-refractivity contribution is -0.111. The third-order valence-corrected chi connectivity index (χ3v) is 1.33. The smallest absolute Gasteiger partial charge is 0.225 e. The lowest BCUT2D eigenvalue weighted by Crippen LogP contribution is -2.13. The molecule has 0 spiro atoms. The van der Waals surface area contributed by atoms with Crippen molar-refractivity contribution >= 4 is 11.9 Å². The van der Waals surface area contributed by atoms with Gasteiger partial charge in [-0.25, -0.2) is 0 Å². The maximum absolute atomic E-state index is 5.35. The summed E-state index contributed by atoms with van der Waals surface area (Å²) in [6, 6.07) is 0. The van der Waals surface area contributed by atoms with Gasteiger partial charge in [-0.05, 0) is 0 Å². The first kappa shape index (κ1) is 9.62. The van der Waals surface area contributed by atoms with E-state index in [2.05, 4.69) is 15.0 Å². The number of anilines is 2. The number of nitrogens with zero attached hydrogens (tertiary/aromatic N) is 3. The van der Waals surface area contributed by atoms with Crippen LogP contribution in [0.5, 0.6) is 0 Å². The second-order valence-corrected chi connectivity index (χ2v) is 2.21. The molecule has 7 heteroatoms. The van der Waals surface area contributed by atoms with Crippen molar-refractivity contribution in [2.75, 3.05) is 25.7 Å². The topological polar surface area (TPSA) is 109 Å². The second-order valence-electron chi connectivity index (χ2n) is 2.21. The van der Waals surface area contributed by atoms with Crippen molar-refractivity contribution in [1.29, 1.82) is 0 Å². The Kier molecular flexibility index (Phi) is 2.93. The summed E-state index contributed by atoms with van der Waals surface area (Å²) >= 11 is 0. The average molecular weight is 185 g/mol. The summed E-state index contributed by atoms with van der Waals surface area (Å²) in [5, 5.41) is 0. The molecule has 0 unspecified atom stereocenters. The maximum atomic E-state index is 5.35. The van der Waals surface area contributed by atoms with Crippen molar-refractivity contribution in [3.8, 4) is 0 Å². The predicted octanol–water partition coefficient (Wildman–Crippen LogP) is -0.673. The molecule has 0 aliphatic heterocycles. The molecule has 0 aliphatic rings. The highest BCUT2D eigenvalue weighted by molar-refractivity contribution is 5.26. The quantitative estimate of drug-likeness (QED) is 0.601. The van der Waals surface area contributed by atoms with Gasteiger partial charge in [0.1, 0.15) is 0 Å². The van der Waals surface area contributed by atoms with Crippen molar-refractivity contribution in [3.63, 3.8) is 0 Å². The van der Waals surface area contributed by atoms with Gasteiger partial charge in [0.25, 0.3) is 0 Å². The highest BCUT2D eigenvalue weighted by atomic mass is 16.7. The number of hydrogen-bond donors (Lipinski definition) is 2. The lowest BCUT2D eigenvalue weighted by atomic mass is 10.5. The van der Waals surface area contributed by atoms with Crippen molar-refractivity contribution in [3.05, 3.63) is 5.82 Å². The molecule has 0 saturated heterocycles. The van der Waals surface area contributed by atoms with Crippen LogP contribution in [0.15, 0.2) is 0 Å². The first-order valence-electron chi connectivity index (χ1n) is 3.50. The van der Waals surface area contributed by atoms with Gasteiger partial charge in [0.05, 0.1) is 0 Å². The number of rotatable bonds is 3. The molecule has 0 radical (unpaired) electrons. The molecule has 0 aliphatic carbocycles. The molecule has 0 fully saturated rings. The molecule has 1 aromatic heterocycles. The molecule has 72 valence electrons. The van der Waals surface area contributed by atoms with E-state index in [9.17, 15) is 0 Å². The van der Waals surface area contributed by atoms with Crippen LogP contribution in [0.2, 0.25) is 0 Å². The number of methoxy groups -OCH3 is 2. The molecule has 1 heterocycles. The SMILES string of the molecule is COC(OC)c1nc(N)nc(N)n1. The highest BCUT2D eigenvalue weighted by Crippen LogP contribution is 2.13. The van der Waals surface area contributed by atoms with Gasteiger partial charge in [-0.3, -0.25) is 0 Å². The van der Waals surface area contributed by atoms with E-state index in [0.29, 0.717) is 0 Å². The van der Waals surface area contributed by atoms with Gasteiger partial charge in [-0.1, -0.05) is 0 Å². The first-order valence-corrected chi connectivity index (χ1v) is 3.50. The summed E-state index contributed by atoms with van der Waals surface area (Å²) < 4.78 is 9.82. The average Bonchev–Trinajstić information content (AvgIpc) is 2.04. The summed E-state index contributed by atoms with van der Waals surface area (Å²) in [5.74, 6) is 0.346. The first-order chi connectivity index (χ1) is 6.17. The normalized spacial score (nSPS) is 10.7. The third kappa shape index (κ3) is 2.23. The molecular formula is C6H11N5O2. The minimum atomic E-state index is -0.674. The molecule has 1 aromatic rings. The second kappa shape index (κ2) is 3.97. The molecule has 0 atom stereocenters. The predicted molar refractivity (Wildman–Crippen MR) is 45.4 cm³/mol. The number of nitrogen functional groups attached to an aromatic ring is 2. The van der Waals surface area contributed by atoms with Crippen molar-refractivity contribution in [2.45, 2.75) is 6.29 Å². The zero-order chi connectivity index (χ0) is 9.84. The van der Waals surface area contributed by atoms with Gasteiger partial charge < -0.3 is 20.9 Å². The molecule has 4 N–H and O–H groups in total. The van der Waals surface area contributed by atoms with Crippen LogP contribution in [0, 0.1) is 0 Å². The molecular weight excluding hydrogens is 174 g/mol. The number of ether oxygens (including phenoxy) is 2. The summed E-state index contributed by atoms with van der Waals surface area (Å²) in [6.45, 7) is 0. The van der Waals surface area contributed by atoms with Crippen LogP contribution in [0.4, 0.5) is 11.9 Å². The maximum Gasteiger partial charge on any atom is 0.225 e. The molecule has 0 amide bonds. The molecule has 7 nitrogen and oxygen atoms in total. The van der Waals surface area contributed by atoms with E-state index in [1.807, 2.05) is 0 Å². The largest absolute Gasteiger partial charge is 0.368 e. The molecule has 13 heavy (non-hydrogen) atoms. The van der Waals surface area contributed by atoms with E-state index in [1.165, 1.54) is 14.2 Å². The van der Waals surface area contributed by atoms with Gasteiger partial charge in [0.2, 0.25) is 18.2 Å². The van der Waals surface area contributed by atoms with Crippen molar-refractivity contribution < 1.29 is 9.47 Å². The summed E-state index contributed by atoms with van der Waals surface area (Å²) in [4.78, 5) is 11.2. The Hall–Kier alpha value is -1.47. The fourth-order valence-electron chi connectivity index (χ4n) is 0.840. The standard InChI is InChI=1S/C6H11N5O2/c1-12-4(13-2)3-9-5(7)11-6(8)10-3/h4H,1-2H3,(H4,7,8,9,10,11). The van der Waals surface area contributed by atoms with Crippen LogP contribution >= 0.6 is 0 Å². The number of aromatic nitrogens is 3. The van der Waals surface area contributed by atoms with Gasteiger partial charge in [-0.15, -0.1) is 0 Å². The van der Waals surface area contributed by atoms with Gasteiger partial charge in [-0.2, -0.15) is 15.0 Å². The zero-order valence-corrected chi connectivity index (χ0v) is 7.39. The fourth-order valence-corrected chi connectivity index (χ4v) is 0.840. The van der Waals surface area contributed by atoms with Crippen molar-refractivity contribution in [2.24, 2.45) is 0 Å². The zero-order valence-electron chi connectivity index (χ0n) is 7.39. The van der Waals surface area contributed by atoms with Crippen LogP contribution < -0.4 is 11.5 Å². The molecule has 0 aromatic carbocycles. The van der Waals surface area contributed by atoms with E-state index < -0.39 is 6.29 Å². The Labute approximate surface area is 75.1 Å². The van der Waals surface area contributed by atoms with Gasteiger partial charge >= 0.3 is 0 Å². The summed E-state index contributed by atoms with van der Waals surface area (Å²) in [6.07, 6.45) is -0.674. The van der Waals surface area contributed by atoms with Crippen LogP contribution in [-0.4, -0.2) is 29.2 Å². The Morgan fingerprint density at radius 2 is 1.46 bits per heavy atom. The number of nitrogens with two attached hydrogens (primary N) is 2. The minimum absolute atomic E-state index is 0.0431. The summed E-state index contributed by atoms with van der Waals surface area (Å²) in [7, 11) is 2.93. The third-order valence-electron chi connectivity index (χ3n) is 1.33. The van der Waals surface area contributed by atoms with Gasteiger partial charge in [0.15, 0.2) is 5.82 Å². The van der Waals surface area contributed by atoms with Crippen molar-refractivity contribution in [1.82, 2.24) is 15.0 Å². The molecule has 0 bridgehead atoms. The van der Waals surface area contributed by atoms with E-state index in [0.717, 1.165) is 0 Å². The van der Waals surface area contributed by atoms with E-state index in [4.69, 9.17) is 20.9 Å². The van der Waals surface area contributed by atoms with Crippen LogP contribution in [0.3, 0.4) is 0 Å². The molecule has 0 saturated carbocycles. The van der Waals surface area contributed by atoms with Crippen LogP contribution in [-0.2, 0) is 9.47 Å². The van der Waals surface area contributed by atoms with E-state index in [-0.39, 0.29) is 17.7 Å². The van der Waals surface area contributed by atoms with Crippen LogP contribution in [0.25, 0.3) is 0 Å². The Balaban J connectivity index is 2.99. The molecule has 1 rings (SSSR count). The monoisotopic (exact) mass is 185 g/mol.